The van der Waals surface area contributed by atoms with Crippen molar-refractivity contribution in [2.75, 3.05) is 73.3 Å². The maximum Gasteiger partial charge on any atom is 0.191 e. The lowest BCUT2D eigenvalue weighted by Gasteiger charge is -2.30. The largest absolute Gasteiger partial charge is 0.381 e. The van der Waals surface area contributed by atoms with Gasteiger partial charge in [-0.25, -0.2) is 0 Å². The van der Waals surface area contributed by atoms with E-state index in [1.807, 2.05) is 0 Å². The third-order valence-electron chi connectivity index (χ3n) is 4.20. The number of hydrogen-bond donors (Lipinski definition) is 2. The molecule has 134 valence electrons. The number of rotatable bonds is 8. The van der Waals surface area contributed by atoms with E-state index in [-0.39, 0.29) is 6.10 Å². The van der Waals surface area contributed by atoms with Crippen molar-refractivity contribution in [1.29, 1.82) is 0 Å². The molecule has 2 fully saturated rings. The third kappa shape index (κ3) is 7.48. The van der Waals surface area contributed by atoms with Gasteiger partial charge in [-0.3, -0.25) is 4.99 Å². The summed E-state index contributed by atoms with van der Waals surface area (Å²) >= 11 is 0. The molecule has 0 amide bonds. The van der Waals surface area contributed by atoms with Crippen molar-refractivity contribution in [2.24, 2.45) is 10.9 Å². The summed E-state index contributed by atoms with van der Waals surface area (Å²) in [6.45, 7) is 7.74. The Morgan fingerprint density at radius 2 is 2.26 bits per heavy atom. The zero-order valence-electron chi connectivity index (χ0n) is 14.6. The van der Waals surface area contributed by atoms with Crippen LogP contribution in [0.1, 0.15) is 12.8 Å². The van der Waals surface area contributed by atoms with Gasteiger partial charge in [0.15, 0.2) is 5.96 Å². The number of nitrogens with one attached hydrogen (secondary N) is 2. The Kier molecular flexibility index (Phi) is 8.67. The third-order valence-corrected chi connectivity index (χ3v) is 4.20. The van der Waals surface area contributed by atoms with Gasteiger partial charge in [-0.1, -0.05) is 0 Å². The highest BCUT2D eigenvalue weighted by Gasteiger charge is 2.17. The normalized spacial score (nSPS) is 26.4. The van der Waals surface area contributed by atoms with E-state index >= 15 is 0 Å². The van der Waals surface area contributed by atoms with Crippen LogP contribution < -0.4 is 10.6 Å². The topological polar surface area (TPSA) is 67.4 Å². The number of likely N-dealkylation sites (N-methyl/N-ethyl adjacent to an activating group) is 1. The summed E-state index contributed by atoms with van der Waals surface area (Å²) in [5.74, 6) is 1.41. The second kappa shape index (κ2) is 10.8. The summed E-state index contributed by atoms with van der Waals surface area (Å²) in [5, 5.41) is 6.64. The summed E-state index contributed by atoms with van der Waals surface area (Å²) in [5.41, 5.74) is 0. The SMILES string of the molecule is CN=C(NCCCOCC1CCOC1)NCC1CN(C)CCO1. The average Bonchev–Trinajstić information content (AvgIpc) is 3.07. The summed E-state index contributed by atoms with van der Waals surface area (Å²) in [7, 11) is 3.92. The van der Waals surface area contributed by atoms with Crippen molar-refractivity contribution in [2.45, 2.75) is 18.9 Å². The first kappa shape index (κ1) is 18.4. The lowest BCUT2D eigenvalue weighted by molar-refractivity contribution is -0.0161. The van der Waals surface area contributed by atoms with Gasteiger partial charge in [0, 0.05) is 52.4 Å². The number of morpholine rings is 1. The molecule has 0 aromatic rings. The zero-order chi connectivity index (χ0) is 16.3. The summed E-state index contributed by atoms with van der Waals surface area (Å²) < 4.78 is 16.8. The standard InChI is InChI=1S/C16H32N4O3/c1-17-16(19-10-15-11-20(2)6-9-23-15)18-5-3-7-21-12-14-4-8-22-13-14/h14-15H,3-13H2,1-2H3,(H2,17,18,19). The average molecular weight is 328 g/mol. The van der Waals surface area contributed by atoms with Crippen molar-refractivity contribution in [3.63, 3.8) is 0 Å². The summed E-state index contributed by atoms with van der Waals surface area (Å²) in [6, 6.07) is 0. The fourth-order valence-electron chi connectivity index (χ4n) is 2.77. The Bertz CT molecular complexity index is 348. The fourth-order valence-corrected chi connectivity index (χ4v) is 2.77. The number of aliphatic imine (C=N–C) groups is 1. The lowest BCUT2D eigenvalue weighted by Crippen LogP contribution is -2.48. The lowest BCUT2D eigenvalue weighted by atomic mass is 10.1. The van der Waals surface area contributed by atoms with Crippen molar-refractivity contribution in [3.8, 4) is 0 Å². The van der Waals surface area contributed by atoms with Gasteiger partial charge >= 0.3 is 0 Å². The minimum absolute atomic E-state index is 0.226. The summed E-state index contributed by atoms with van der Waals surface area (Å²) in [6.07, 6.45) is 2.33. The van der Waals surface area contributed by atoms with Crippen molar-refractivity contribution in [3.05, 3.63) is 0 Å². The first-order chi connectivity index (χ1) is 11.3. The van der Waals surface area contributed by atoms with Gasteiger partial charge in [0.1, 0.15) is 0 Å². The van der Waals surface area contributed by atoms with Crippen LogP contribution in [0.3, 0.4) is 0 Å². The molecule has 0 spiro atoms. The molecule has 2 rings (SSSR count). The Hall–Kier alpha value is -0.890. The first-order valence-electron chi connectivity index (χ1n) is 8.68. The maximum atomic E-state index is 5.73. The van der Waals surface area contributed by atoms with Gasteiger partial charge < -0.3 is 29.7 Å². The first-order valence-corrected chi connectivity index (χ1v) is 8.68. The van der Waals surface area contributed by atoms with Crippen LogP contribution in [0.2, 0.25) is 0 Å². The number of hydrogen-bond acceptors (Lipinski definition) is 5. The van der Waals surface area contributed by atoms with Gasteiger partial charge in [0.2, 0.25) is 0 Å². The quantitative estimate of drug-likeness (QED) is 0.369. The molecular weight excluding hydrogens is 296 g/mol. The predicted molar refractivity (Wildman–Crippen MR) is 91.0 cm³/mol. The van der Waals surface area contributed by atoms with E-state index in [2.05, 4.69) is 27.6 Å². The molecule has 2 saturated heterocycles. The number of guanidine groups is 1. The minimum Gasteiger partial charge on any atom is -0.381 e. The minimum atomic E-state index is 0.226. The van der Waals surface area contributed by atoms with Gasteiger partial charge in [0.05, 0.1) is 25.9 Å². The molecule has 0 radical (unpaired) electrons. The van der Waals surface area contributed by atoms with Crippen LogP contribution >= 0.6 is 0 Å². The molecule has 2 atom stereocenters. The molecule has 0 aliphatic carbocycles. The molecular formula is C16H32N4O3. The van der Waals surface area contributed by atoms with Crippen LogP contribution in [0.5, 0.6) is 0 Å². The van der Waals surface area contributed by atoms with Crippen LogP contribution in [0, 0.1) is 5.92 Å². The van der Waals surface area contributed by atoms with Gasteiger partial charge in [0.25, 0.3) is 0 Å². The van der Waals surface area contributed by atoms with E-state index in [9.17, 15) is 0 Å². The molecule has 0 bridgehead atoms. The van der Waals surface area contributed by atoms with E-state index in [0.29, 0.717) is 5.92 Å². The number of ether oxygens (including phenoxy) is 3. The molecule has 2 aliphatic heterocycles. The van der Waals surface area contributed by atoms with E-state index in [1.54, 1.807) is 7.05 Å². The predicted octanol–water partition coefficient (Wildman–Crippen LogP) is -0.0748. The van der Waals surface area contributed by atoms with Gasteiger partial charge in [-0.2, -0.15) is 0 Å². The Morgan fingerprint density at radius 3 is 3.00 bits per heavy atom. The fraction of sp³-hybridized carbons (Fsp3) is 0.938. The van der Waals surface area contributed by atoms with Crippen LogP contribution in [0.25, 0.3) is 0 Å². The molecule has 7 nitrogen and oxygen atoms in total. The van der Waals surface area contributed by atoms with Gasteiger partial charge in [-0.05, 0) is 19.9 Å². The van der Waals surface area contributed by atoms with Crippen molar-refractivity contribution < 1.29 is 14.2 Å². The smallest absolute Gasteiger partial charge is 0.191 e. The Labute approximate surface area is 139 Å². The molecule has 2 heterocycles. The highest BCUT2D eigenvalue weighted by molar-refractivity contribution is 5.79. The van der Waals surface area contributed by atoms with Crippen LogP contribution in [-0.4, -0.2) is 90.3 Å². The molecule has 0 aromatic carbocycles. The van der Waals surface area contributed by atoms with Crippen molar-refractivity contribution >= 4 is 5.96 Å². The second-order valence-electron chi connectivity index (χ2n) is 6.29. The zero-order valence-corrected chi connectivity index (χ0v) is 14.6. The van der Waals surface area contributed by atoms with E-state index in [1.165, 1.54) is 0 Å². The van der Waals surface area contributed by atoms with Crippen LogP contribution in [-0.2, 0) is 14.2 Å². The van der Waals surface area contributed by atoms with Crippen LogP contribution in [0.15, 0.2) is 4.99 Å². The van der Waals surface area contributed by atoms with E-state index in [0.717, 1.165) is 78.0 Å². The van der Waals surface area contributed by atoms with Crippen molar-refractivity contribution in [1.82, 2.24) is 15.5 Å². The summed E-state index contributed by atoms with van der Waals surface area (Å²) in [4.78, 5) is 6.53. The monoisotopic (exact) mass is 328 g/mol. The Morgan fingerprint density at radius 1 is 1.35 bits per heavy atom. The van der Waals surface area contributed by atoms with Crippen LogP contribution in [0.4, 0.5) is 0 Å². The molecule has 2 unspecified atom stereocenters. The highest BCUT2D eigenvalue weighted by Crippen LogP contribution is 2.12. The highest BCUT2D eigenvalue weighted by atomic mass is 16.5. The molecule has 2 aliphatic rings. The molecule has 7 heteroatoms. The number of nitrogens with zero attached hydrogens (tertiary/aromatic N) is 2. The Balaban J connectivity index is 1.47. The van der Waals surface area contributed by atoms with E-state index < -0.39 is 0 Å². The molecule has 23 heavy (non-hydrogen) atoms. The molecule has 0 saturated carbocycles. The van der Waals surface area contributed by atoms with E-state index in [4.69, 9.17) is 14.2 Å². The molecule has 2 N–H and O–H groups in total. The second-order valence-corrected chi connectivity index (χ2v) is 6.29. The molecule has 0 aromatic heterocycles. The van der Waals surface area contributed by atoms with Gasteiger partial charge in [-0.15, -0.1) is 0 Å². The maximum absolute atomic E-state index is 5.73.